The largest absolute Gasteiger partial charge is 0.480 e. The number of nitrogens with zero attached hydrogens (tertiary/aromatic N) is 2. The number of halogens is 1. The van der Waals surface area contributed by atoms with Crippen LogP contribution in [0.15, 0.2) is 52.4 Å². The van der Waals surface area contributed by atoms with Gasteiger partial charge in [-0.1, -0.05) is 24.6 Å². The molecule has 0 unspecified atom stereocenters. The second kappa shape index (κ2) is 8.56. The number of piperazine rings is 1. The van der Waals surface area contributed by atoms with E-state index in [0.717, 1.165) is 45.4 Å². The minimum absolute atomic E-state index is 0.0626. The van der Waals surface area contributed by atoms with E-state index in [1.165, 1.54) is 5.69 Å². The molecule has 5 rings (SSSR count). The zero-order valence-corrected chi connectivity index (χ0v) is 19.4. The predicted octanol–water partition coefficient (Wildman–Crippen LogP) is 3.66. The van der Waals surface area contributed by atoms with Crippen LogP contribution in [0.4, 0.5) is 5.69 Å². The van der Waals surface area contributed by atoms with Gasteiger partial charge in [-0.05, 0) is 47.0 Å². The van der Waals surface area contributed by atoms with E-state index in [0.29, 0.717) is 17.3 Å². The molecule has 0 amide bonds. The lowest BCUT2D eigenvalue weighted by Crippen LogP contribution is -2.53. The number of ether oxygens (including phenoxy) is 2. The van der Waals surface area contributed by atoms with Crippen LogP contribution in [-0.4, -0.2) is 59.8 Å². The molecule has 2 aliphatic heterocycles. The Bertz CT molecular complexity index is 962. The Morgan fingerprint density at radius 2 is 1.66 bits per heavy atom. The lowest BCUT2D eigenvalue weighted by Gasteiger charge is -2.42. The highest BCUT2D eigenvalue weighted by Crippen LogP contribution is 2.43. The summed E-state index contributed by atoms with van der Waals surface area (Å²) in [7, 11) is 0. The molecule has 0 radical (unpaired) electrons. The van der Waals surface area contributed by atoms with Crippen molar-refractivity contribution in [2.24, 2.45) is 5.92 Å². The molecule has 2 fully saturated rings. The van der Waals surface area contributed by atoms with E-state index >= 15 is 0 Å². The second-order valence-corrected chi connectivity index (χ2v) is 9.74. The van der Waals surface area contributed by atoms with E-state index in [4.69, 9.17) is 9.47 Å². The summed E-state index contributed by atoms with van der Waals surface area (Å²) in [6.45, 7) is 3.08. The number of anilines is 1. The fourth-order valence-corrected chi connectivity index (χ4v) is 5.80. The molecule has 4 aliphatic rings. The molecular weight excluding hydrogens is 476 g/mol. The van der Waals surface area contributed by atoms with Gasteiger partial charge in [0, 0.05) is 50.7 Å². The van der Waals surface area contributed by atoms with Crippen LogP contribution in [0.5, 0.6) is 0 Å². The molecule has 1 saturated carbocycles. The van der Waals surface area contributed by atoms with Crippen LogP contribution < -0.4 is 4.90 Å². The van der Waals surface area contributed by atoms with Crippen LogP contribution in [-0.2, 0) is 19.1 Å². The standard InChI is InChI=1S/C24H27BrN2O5/c25-17-15-18(27-13-11-26(12-14-27)16-7-3-1-4-8-16)19(21(17)28)20-22(29)31-24(32-23(20)30)9-5-2-6-10-24/h1,3-4,7-8,15,18-19,29H,2,5-6,9-14H2/t18-,19+/m1/s1. The number of carbonyl (C=O) groups is 2. The summed E-state index contributed by atoms with van der Waals surface area (Å²) in [5.74, 6) is -3.27. The minimum atomic E-state index is -1.09. The molecule has 1 saturated heterocycles. The summed E-state index contributed by atoms with van der Waals surface area (Å²) >= 11 is 3.35. The number of ketones is 1. The van der Waals surface area contributed by atoms with Crippen molar-refractivity contribution < 1.29 is 24.2 Å². The summed E-state index contributed by atoms with van der Waals surface area (Å²) in [6, 6.07) is 9.89. The summed E-state index contributed by atoms with van der Waals surface area (Å²) in [4.78, 5) is 30.6. The van der Waals surface area contributed by atoms with Crippen molar-refractivity contribution in [1.82, 2.24) is 4.90 Å². The quantitative estimate of drug-likeness (QED) is 0.631. The third-order valence-electron chi connectivity index (χ3n) is 6.97. The predicted molar refractivity (Wildman–Crippen MR) is 122 cm³/mol. The van der Waals surface area contributed by atoms with Crippen molar-refractivity contribution in [3.8, 4) is 0 Å². The number of allylic oxidation sites excluding steroid dienone is 1. The number of rotatable bonds is 3. The number of hydrogen-bond donors (Lipinski definition) is 1. The van der Waals surface area contributed by atoms with Gasteiger partial charge in [0.15, 0.2) is 5.78 Å². The van der Waals surface area contributed by atoms with Crippen LogP contribution in [0, 0.1) is 5.92 Å². The molecule has 1 aromatic carbocycles. The van der Waals surface area contributed by atoms with Gasteiger partial charge in [0.05, 0.1) is 10.4 Å². The molecule has 170 valence electrons. The molecule has 0 bridgehead atoms. The first-order valence-corrected chi connectivity index (χ1v) is 12.1. The number of hydrogen-bond acceptors (Lipinski definition) is 7. The van der Waals surface area contributed by atoms with Crippen molar-refractivity contribution in [3.05, 3.63) is 52.4 Å². The fraction of sp³-hybridized carbons (Fsp3) is 0.500. The van der Waals surface area contributed by atoms with Gasteiger partial charge in [0.2, 0.25) is 0 Å². The summed E-state index contributed by atoms with van der Waals surface area (Å²) in [5.41, 5.74) is 1.11. The van der Waals surface area contributed by atoms with Gasteiger partial charge in [-0.3, -0.25) is 9.69 Å². The molecule has 2 atom stereocenters. The van der Waals surface area contributed by atoms with Gasteiger partial charge >= 0.3 is 5.97 Å². The molecular formula is C24H27BrN2O5. The highest BCUT2D eigenvalue weighted by Gasteiger charge is 2.52. The molecule has 32 heavy (non-hydrogen) atoms. The normalized spacial score (nSPS) is 28.5. The number of aliphatic hydroxyl groups excluding tert-OH is 1. The molecule has 1 N–H and O–H groups in total. The zero-order valence-electron chi connectivity index (χ0n) is 17.8. The van der Waals surface area contributed by atoms with Crippen LogP contribution in [0.1, 0.15) is 32.1 Å². The molecule has 8 heteroatoms. The zero-order chi connectivity index (χ0) is 22.3. The Labute approximate surface area is 195 Å². The van der Waals surface area contributed by atoms with E-state index < -0.39 is 23.6 Å². The molecule has 2 heterocycles. The van der Waals surface area contributed by atoms with Crippen LogP contribution in [0.2, 0.25) is 0 Å². The maximum atomic E-state index is 13.0. The maximum Gasteiger partial charge on any atom is 0.345 e. The number of benzene rings is 1. The first kappa shape index (κ1) is 21.5. The third kappa shape index (κ3) is 3.83. The Morgan fingerprint density at radius 3 is 2.31 bits per heavy atom. The van der Waals surface area contributed by atoms with Gasteiger partial charge in [0.1, 0.15) is 5.57 Å². The summed E-state index contributed by atoms with van der Waals surface area (Å²) in [5, 5.41) is 10.8. The topological polar surface area (TPSA) is 79.3 Å². The molecule has 0 aromatic heterocycles. The van der Waals surface area contributed by atoms with Crippen LogP contribution in [0.25, 0.3) is 0 Å². The van der Waals surface area contributed by atoms with E-state index in [9.17, 15) is 14.7 Å². The summed E-state index contributed by atoms with van der Waals surface area (Å²) < 4.78 is 11.9. The first-order valence-electron chi connectivity index (χ1n) is 11.3. The Balaban J connectivity index is 1.36. The minimum Gasteiger partial charge on any atom is -0.480 e. The molecule has 7 nitrogen and oxygen atoms in total. The smallest absolute Gasteiger partial charge is 0.345 e. The monoisotopic (exact) mass is 502 g/mol. The van der Waals surface area contributed by atoms with E-state index in [1.54, 1.807) is 0 Å². The van der Waals surface area contributed by atoms with Crippen molar-refractivity contribution >= 4 is 33.4 Å². The van der Waals surface area contributed by atoms with Crippen molar-refractivity contribution in [1.29, 1.82) is 0 Å². The van der Waals surface area contributed by atoms with Crippen LogP contribution >= 0.6 is 15.9 Å². The lowest BCUT2D eigenvalue weighted by molar-refractivity contribution is -0.251. The Morgan fingerprint density at radius 1 is 0.969 bits per heavy atom. The van der Waals surface area contributed by atoms with E-state index in [2.05, 4.69) is 37.9 Å². The van der Waals surface area contributed by atoms with E-state index in [1.807, 2.05) is 24.3 Å². The Hall–Kier alpha value is -2.32. The number of esters is 1. The average molecular weight is 503 g/mol. The average Bonchev–Trinajstić information content (AvgIpc) is 3.09. The Kier molecular flexibility index (Phi) is 5.75. The van der Waals surface area contributed by atoms with Gasteiger partial charge in [-0.2, -0.15) is 0 Å². The highest BCUT2D eigenvalue weighted by atomic mass is 79.9. The number of para-hydroxylation sites is 1. The van der Waals surface area contributed by atoms with Crippen molar-refractivity contribution in [2.75, 3.05) is 31.1 Å². The number of carbonyl (C=O) groups excluding carboxylic acids is 2. The number of Topliss-reactive ketones (excluding diaryl/α,β-unsaturated/α-hetero) is 1. The van der Waals surface area contributed by atoms with Crippen molar-refractivity contribution in [2.45, 2.75) is 43.9 Å². The highest BCUT2D eigenvalue weighted by molar-refractivity contribution is 9.12. The van der Waals surface area contributed by atoms with Gasteiger partial charge in [0.25, 0.3) is 11.7 Å². The maximum absolute atomic E-state index is 13.0. The van der Waals surface area contributed by atoms with E-state index in [-0.39, 0.29) is 17.4 Å². The van der Waals surface area contributed by atoms with Gasteiger partial charge in [-0.25, -0.2) is 4.79 Å². The number of aliphatic hydroxyl groups is 1. The molecule has 1 aromatic rings. The molecule has 1 spiro atoms. The fourth-order valence-electron chi connectivity index (χ4n) is 5.28. The second-order valence-electron chi connectivity index (χ2n) is 8.89. The molecule has 2 aliphatic carbocycles. The van der Waals surface area contributed by atoms with Gasteiger partial charge < -0.3 is 19.5 Å². The lowest BCUT2D eigenvalue weighted by atomic mass is 9.89. The van der Waals surface area contributed by atoms with Gasteiger partial charge in [-0.15, -0.1) is 0 Å². The first-order chi connectivity index (χ1) is 15.5. The SMILES string of the molecule is O=C1OC2(CCCCC2)OC(O)=C1[C@H]1C(=O)C(Br)=C[C@H]1N1CCN(c2ccccc2)CC1. The third-order valence-corrected chi connectivity index (χ3v) is 7.63. The van der Waals surface area contributed by atoms with Crippen molar-refractivity contribution in [3.63, 3.8) is 0 Å². The van der Waals surface area contributed by atoms with Crippen LogP contribution in [0.3, 0.4) is 0 Å². The summed E-state index contributed by atoms with van der Waals surface area (Å²) in [6.07, 6.45) is 5.75.